The van der Waals surface area contributed by atoms with Crippen molar-refractivity contribution in [3.8, 4) is 0 Å². The van der Waals surface area contributed by atoms with Crippen molar-refractivity contribution in [2.24, 2.45) is 7.05 Å². The van der Waals surface area contributed by atoms with Gasteiger partial charge in [-0.1, -0.05) is 0 Å². The van der Waals surface area contributed by atoms with Gasteiger partial charge in [0.25, 0.3) is 5.56 Å². The largest absolute Gasteiger partial charge is 0.394 e. The molecule has 2 unspecified atom stereocenters. The minimum Gasteiger partial charge on any atom is -0.394 e. The smallest absolute Gasteiger partial charge is 0.333 e. The summed E-state index contributed by atoms with van der Waals surface area (Å²) in [5.74, 6) is 0. The molecule has 0 aromatic carbocycles. The van der Waals surface area contributed by atoms with Gasteiger partial charge in [0.2, 0.25) is 0 Å². The van der Waals surface area contributed by atoms with Crippen LogP contribution in [-0.2, 0) is 18.3 Å². The van der Waals surface area contributed by atoms with Gasteiger partial charge in [-0.05, 0) is 6.07 Å². The Labute approximate surface area is 135 Å². The quantitative estimate of drug-likeness (QED) is 0.557. The van der Waals surface area contributed by atoms with Crippen LogP contribution in [0.1, 0.15) is 11.9 Å². The van der Waals surface area contributed by atoms with Crippen molar-refractivity contribution in [3.63, 3.8) is 0 Å². The molecule has 0 saturated carbocycles. The lowest BCUT2D eigenvalue weighted by molar-refractivity contribution is -0.0555. The molecule has 0 radical (unpaired) electrons. The molecule has 130 valence electrons. The lowest BCUT2D eigenvalue weighted by Gasteiger charge is -2.18. The van der Waals surface area contributed by atoms with E-state index < -0.39 is 42.4 Å². The van der Waals surface area contributed by atoms with Crippen LogP contribution in [-0.4, -0.2) is 59.2 Å². The molecule has 3 heterocycles. The minimum absolute atomic E-state index is 0.0336. The average molecular weight is 338 g/mol. The van der Waals surface area contributed by atoms with Gasteiger partial charge in [0.1, 0.15) is 18.3 Å². The molecule has 1 aliphatic rings. The van der Waals surface area contributed by atoms with Gasteiger partial charge in [0.05, 0.1) is 18.8 Å². The summed E-state index contributed by atoms with van der Waals surface area (Å²) in [4.78, 5) is 24.6. The molecule has 10 heteroatoms. The number of aliphatic hydroxyl groups is 3. The van der Waals surface area contributed by atoms with E-state index in [1.54, 1.807) is 24.0 Å². The molecule has 3 N–H and O–H groups in total. The highest BCUT2D eigenvalue weighted by Gasteiger charge is 2.43. The number of hydrogen-bond donors (Lipinski definition) is 3. The zero-order valence-electron chi connectivity index (χ0n) is 12.9. The zero-order valence-corrected chi connectivity index (χ0v) is 12.9. The van der Waals surface area contributed by atoms with Crippen LogP contribution in [0.25, 0.3) is 0 Å². The Morgan fingerprint density at radius 3 is 2.54 bits per heavy atom. The van der Waals surface area contributed by atoms with Gasteiger partial charge in [-0.25, -0.2) is 4.79 Å². The Hall–Kier alpha value is -2.27. The van der Waals surface area contributed by atoms with E-state index in [0.717, 1.165) is 9.13 Å². The van der Waals surface area contributed by atoms with Crippen molar-refractivity contribution in [2.45, 2.75) is 31.1 Å². The molecule has 0 spiro atoms. The fraction of sp³-hybridized carbons (Fsp3) is 0.500. The Morgan fingerprint density at radius 2 is 1.96 bits per heavy atom. The average Bonchev–Trinajstić information content (AvgIpc) is 3.09. The highest BCUT2D eigenvalue weighted by molar-refractivity contribution is 5.01. The van der Waals surface area contributed by atoms with Gasteiger partial charge in [-0.2, -0.15) is 5.10 Å². The van der Waals surface area contributed by atoms with Crippen LogP contribution >= 0.6 is 0 Å². The van der Waals surface area contributed by atoms with Crippen LogP contribution in [0, 0.1) is 0 Å². The molecule has 3 rings (SSSR count). The van der Waals surface area contributed by atoms with Crippen LogP contribution < -0.4 is 11.2 Å². The molecular formula is C14H18N4O6. The number of ether oxygens (including phenoxy) is 1. The molecule has 1 fully saturated rings. The van der Waals surface area contributed by atoms with Crippen LogP contribution in [0.4, 0.5) is 0 Å². The molecule has 0 amide bonds. The van der Waals surface area contributed by atoms with Gasteiger partial charge in [-0.3, -0.25) is 18.6 Å². The highest BCUT2D eigenvalue weighted by Crippen LogP contribution is 2.27. The number of hydrogen-bond acceptors (Lipinski definition) is 7. The van der Waals surface area contributed by atoms with Gasteiger partial charge < -0.3 is 20.1 Å². The predicted molar refractivity (Wildman–Crippen MR) is 80.3 cm³/mol. The van der Waals surface area contributed by atoms with Crippen molar-refractivity contribution in [1.82, 2.24) is 18.9 Å². The van der Waals surface area contributed by atoms with E-state index in [1.165, 1.54) is 12.3 Å². The summed E-state index contributed by atoms with van der Waals surface area (Å²) in [5.41, 5.74) is -0.702. The van der Waals surface area contributed by atoms with Crippen molar-refractivity contribution in [2.75, 3.05) is 6.61 Å². The van der Waals surface area contributed by atoms with Gasteiger partial charge >= 0.3 is 5.69 Å². The summed E-state index contributed by atoms with van der Waals surface area (Å²) in [5, 5.41) is 33.1. The molecule has 1 saturated heterocycles. The second-order valence-electron chi connectivity index (χ2n) is 5.64. The first-order chi connectivity index (χ1) is 11.4. The molecule has 4 atom stereocenters. The number of aryl methyl sites for hydroxylation is 1. The second kappa shape index (κ2) is 6.32. The topological polar surface area (TPSA) is 132 Å². The number of nitrogens with zero attached hydrogens (tertiary/aromatic N) is 4. The van der Waals surface area contributed by atoms with Crippen LogP contribution in [0.5, 0.6) is 0 Å². The van der Waals surface area contributed by atoms with Gasteiger partial charge in [-0.15, -0.1) is 0 Å². The highest BCUT2D eigenvalue weighted by atomic mass is 16.6. The van der Waals surface area contributed by atoms with Crippen LogP contribution in [0.15, 0.2) is 34.1 Å². The van der Waals surface area contributed by atoms with E-state index in [1.807, 2.05) is 0 Å². The molecule has 2 aromatic heterocycles. The van der Waals surface area contributed by atoms with Gasteiger partial charge in [0, 0.05) is 25.5 Å². The Morgan fingerprint density at radius 1 is 1.21 bits per heavy atom. The summed E-state index contributed by atoms with van der Waals surface area (Å²) in [6, 6.07) is 2.84. The van der Waals surface area contributed by atoms with Crippen molar-refractivity contribution >= 4 is 0 Å². The SMILES string of the molecule is Cn1ccc(Cn2c(=O)ccn([C@@H]3O[C@H](CO)C(O)C3O)c2=O)n1. The van der Waals surface area contributed by atoms with Crippen LogP contribution in [0.2, 0.25) is 0 Å². The first-order valence-corrected chi connectivity index (χ1v) is 7.35. The summed E-state index contributed by atoms with van der Waals surface area (Å²) in [6.07, 6.45) is -2.05. The zero-order chi connectivity index (χ0) is 17.4. The third-order valence-corrected chi connectivity index (χ3v) is 3.98. The fourth-order valence-electron chi connectivity index (χ4n) is 2.69. The van der Waals surface area contributed by atoms with Crippen LogP contribution in [0.3, 0.4) is 0 Å². The monoisotopic (exact) mass is 338 g/mol. The maximum atomic E-state index is 12.6. The van der Waals surface area contributed by atoms with Crippen molar-refractivity contribution in [3.05, 3.63) is 51.1 Å². The minimum atomic E-state index is -1.40. The second-order valence-corrected chi connectivity index (χ2v) is 5.64. The first kappa shape index (κ1) is 16.6. The Bertz CT molecular complexity index is 840. The van der Waals surface area contributed by atoms with Crippen molar-refractivity contribution in [1.29, 1.82) is 0 Å². The predicted octanol–water partition coefficient (Wildman–Crippen LogP) is -2.60. The molecular weight excluding hydrogens is 320 g/mol. The van der Waals surface area contributed by atoms with E-state index in [0.29, 0.717) is 5.69 Å². The van der Waals surface area contributed by atoms with E-state index in [2.05, 4.69) is 5.10 Å². The van der Waals surface area contributed by atoms with Crippen molar-refractivity contribution < 1.29 is 20.1 Å². The van der Waals surface area contributed by atoms with E-state index in [9.17, 15) is 19.8 Å². The maximum absolute atomic E-state index is 12.6. The van der Waals surface area contributed by atoms with E-state index >= 15 is 0 Å². The summed E-state index contributed by atoms with van der Waals surface area (Å²) in [7, 11) is 1.72. The molecule has 0 aliphatic carbocycles. The number of rotatable bonds is 4. The molecule has 1 aliphatic heterocycles. The Balaban J connectivity index is 1.98. The summed E-state index contributed by atoms with van der Waals surface area (Å²) in [6.45, 7) is -0.537. The van der Waals surface area contributed by atoms with E-state index in [4.69, 9.17) is 9.84 Å². The summed E-state index contributed by atoms with van der Waals surface area (Å²) >= 11 is 0. The molecule has 24 heavy (non-hydrogen) atoms. The lowest BCUT2D eigenvalue weighted by atomic mass is 10.1. The molecule has 2 aromatic rings. The summed E-state index contributed by atoms with van der Waals surface area (Å²) < 4.78 is 8.86. The van der Waals surface area contributed by atoms with E-state index in [-0.39, 0.29) is 6.54 Å². The third kappa shape index (κ3) is 2.80. The lowest BCUT2D eigenvalue weighted by Crippen LogP contribution is -2.43. The molecule has 10 nitrogen and oxygen atoms in total. The standard InChI is InChI=1S/C14H18N4O6/c1-16-4-2-8(15-16)6-18-10(20)3-5-17(14(18)23)13-12(22)11(21)9(7-19)24-13/h2-5,9,11-13,19,21-22H,6-7H2,1H3/t9-,11?,12?,13-/m1/s1. The normalized spacial score (nSPS) is 26.8. The number of aromatic nitrogens is 4. The molecule has 0 bridgehead atoms. The first-order valence-electron chi connectivity index (χ1n) is 7.35. The number of aliphatic hydroxyl groups excluding tert-OH is 3. The third-order valence-electron chi connectivity index (χ3n) is 3.98. The Kier molecular flexibility index (Phi) is 4.37. The fourth-order valence-corrected chi connectivity index (χ4v) is 2.69. The maximum Gasteiger partial charge on any atom is 0.333 e. The van der Waals surface area contributed by atoms with Gasteiger partial charge in [0.15, 0.2) is 6.23 Å².